The van der Waals surface area contributed by atoms with Crippen LogP contribution in [0.25, 0.3) is 0 Å². The fraction of sp³-hybridized carbons (Fsp3) is 0.188. The first kappa shape index (κ1) is 19.4. The number of methoxy groups -OCH3 is 2. The van der Waals surface area contributed by atoms with E-state index in [-0.39, 0.29) is 35.1 Å². The van der Waals surface area contributed by atoms with Crippen LogP contribution in [0.5, 0.6) is 11.5 Å². The second-order valence-corrected chi connectivity index (χ2v) is 4.98. The second kappa shape index (κ2) is 8.99. The molecular formula is C16H16N4O7. The molecule has 2 amide bonds. The van der Waals surface area contributed by atoms with Crippen LogP contribution in [0.3, 0.4) is 0 Å². The summed E-state index contributed by atoms with van der Waals surface area (Å²) < 4.78 is 15.0. The molecule has 0 saturated heterocycles. The summed E-state index contributed by atoms with van der Waals surface area (Å²) in [5, 5.41) is 17.1. The van der Waals surface area contributed by atoms with Gasteiger partial charge in [0, 0.05) is 17.7 Å². The Hall–Kier alpha value is -3.89. The number of ether oxygens (including phenoxy) is 2. The molecule has 0 fully saturated rings. The van der Waals surface area contributed by atoms with Crippen LogP contribution in [0.15, 0.2) is 40.0 Å². The van der Waals surface area contributed by atoms with Gasteiger partial charge < -0.3 is 19.2 Å². The van der Waals surface area contributed by atoms with Gasteiger partial charge in [-0.15, -0.1) is 0 Å². The predicted octanol–water partition coefficient (Wildman–Crippen LogP) is 1.09. The lowest BCUT2D eigenvalue weighted by atomic mass is 10.1. The molecule has 1 heterocycles. The number of furan rings is 1. The van der Waals surface area contributed by atoms with Crippen molar-refractivity contribution in [1.82, 2.24) is 10.7 Å². The summed E-state index contributed by atoms with van der Waals surface area (Å²) in [5.74, 6) is -0.790. The predicted molar refractivity (Wildman–Crippen MR) is 93.0 cm³/mol. The van der Waals surface area contributed by atoms with Crippen molar-refractivity contribution in [1.29, 1.82) is 0 Å². The molecule has 142 valence electrons. The number of carbonyl (C=O) groups excluding carboxylic acids is 2. The monoisotopic (exact) mass is 376 g/mol. The number of hydrogen-bond acceptors (Lipinski definition) is 8. The Labute approximate surface area is 153 Å². The number of nitro groups is 1. The summed E-state index contributed by atoms with van der Waals surface area (Å²) in [5.41, 5.74) is 2.16. The van der Waals surface area contributed by atoms with E-state index in [1.165, 1.54) is 44.9 Å². The Morgan fingerprint density at radius 1 is 1.30 bits per heavy atom. The standard InChI is InChI=1S/C16H16N4O7/c1-25-13-7-14(26-2)11(20(23)24)6-10(13)8-18-19-15(21)9-17-16(22)12-4-3-5-27-12/h3-8H,9H2,1-2H3,(H,17,22)(H,19,21). The van der Waals surface area contributed by atoms with E-state index < -0.39 is 16.7 Å². The first-order valence-corrected chi connectivity index (χ1v) is 7.50. The first-order chi connectivity index (χ1) is 13.0. The summed E-state index contributed by atoms with van der Waals surface area (Å²) in [6, 6.07) is 5.53. The van der Waals surface area contributed by atoms with E-state index in [0.717, 1.165) is 0 Å². The van der Waals surface area contributed by atoms with Crippen molar-refractivity contribution in [3.63, 3.8) is 0 Å². The number of nitrogens with one attached hydrogen (secondary N) is 2. The number of nitro benzene ring substituents is 1. The largest absolute Gasteiger partial charge is 0.496 e. The number of hydrazone groups is 1. The molecule has 1 aromatic carbocycles. The summed E-state index contributed by atoms with van der Waals surface area (Å²) in [4.78, 5) is 33.8. The maximum Gasteiger partial charge on any atom is 0.311 e. The molecular weight excluding hydrogens is 360 g/mol. The van der Waals surface area contributed by atoms with Gasteiger partial charge in [-0.2, -0.15) is 5.10 Å². The maximum atomic E-state index is 11.7. The molecule has 1 aromatic heterocycles. The third-order valence-corrected chi connectivity index (χ3v) is 3.28. The van der Waals surface area contributed by atoms with Crippen molar-refractivity contribution in [3.8, 4) is 11.5 Å². The van der Waals surface area contributed by atoms with Gasteiger partial charge in [0.05, 0.1) is 38.2 Å². The lowest BCUT2D eigenvalue weighted by Gasteiger charge is -2.08. The van der Waals surface area contributed by atoms with Crippen molar-refractivity contribution < 1.29 is 28.4 Å². The molecule has 11 nitrogen and oxygen atoms in total. The molecule has 0 aliphatic carbocycles. The molecule has 0 spiro atoms. The van der Waals surface area contributed by atoms with Crippen LogP contribution < -0.4 is 20.2 Å². The smallest absolute Gasteiger partial charge is 0.311 e. The molecule has 27 heavy (non-hydrogen) atoms. The highest BCUT2D eigenvalue weighted by Gasteiger charge is 2.19. The Kier molecular flexibility index (Phi) is 6.47. The van der Waals surface area contributed by atoms with Gasteiger partial charge in [0.1, 0.15) is 5.75 Å². The number of rotatable bonds is 8. The second-order valence-electron chi connectivity index (χ2n) is 4.98. The van der Waals surface area contributed by atoms with Gasteiger partial charge in [-0.1, -0.05) is 0 Å². The Morgan fingerprint density at radius 2 is 2.04 bits per heavy atom. The van der Waals surface area contributed by atoms with Crippen LogP contribution in [0, 0.1) is 10.1 Å². The van der Waals surface area contributed by atoms with Gasteiger partial charge in [0.25, 0.3) is 11.8 Å². The molecule has 0 bridgehead atoms. The first-order valence-electron chi connectivity index (χ1n) is 7.50. The van der Waals surface area contributed by atoms with Gasteiger partial charge in [-0.3, -0.25) is 19.7 Å². The zero-order valence-electron chi connectivity index (χ0n) is 14.4. The van der Waals surface area contributed by atoms with E-state index in [2.05, 4.69) is 15.8 Å². The van der Waals surface area contributed by atoms with Crippen molar-refractivity contribution >= 4 is 23.7 Å². The average Bonchev–Trinajstić information content (AvgIpc) is 3.20. The highest BCUT2D eigenvalue weighted by molar-refractivity contribution is 5.94. The Balaban J connectivity index is 2.00. The minimum atomic E-state index is -0.613. The molecule has 0 unspecified atom stereocenters. The van der Waals surface area contributed by atoms with Crippen LogP contribution >= 0.6 is 0 Å². The number of amides is 2. The van der Waals surface area contributed by atoms with Crippen molar-refractivity contribution in [2.24, 2.45) is 5.10 Å². The maximum absolute atomic E-state index is 11.7. The SMILES string of the molecule is COc1cc(OC)c([N+](=O)[O-])cc1C=NNC(=O)CNC(=O)c1ccco1. The third-order valence-electron chi connectivity index (χ3n) is 3.28. The molecule has 2 N–H and O–H groups in total. The summed E-state index contributed by atoms with van der Waals surface area (Å²) in [6.07, 6.45) is 2.51. The Morgan fingerprint density at radius 3 is 2.63 bits per heavy atom. The number of carbonyl (C=O) groups is 2. The molecule has 0 aliphatic heterocycles. The van der Waals surface area contributed by atoms with Gasteiger partial charge in [0.2, 0.25) is 5.75 Å². The van der Waals surface area contributed by atoms with Crippen LogP contribution in [-0.4, -0.2) is 43.7 Å². The summed E-state index contributed by atoms with van der Waals surface area (Å²) >= 11 is 0. The zero-order valence-corrected chi connectivity index (χ0v) is 14.4. The fourth-order valence-corrected chi connectivity index (χ4v) is 2.02. The van der Waals surface area contributed by atoms with Crippen molar-refractivity contribution in [2.45, 2.75) is 0 Å². The van der Waals surface area contributed by atoms with E-state index >= 15 is 0 Å². The number of nitrogens with zero attached hydrogens (tertiary/aromatic N) is 2. The molecule has 0 saturated carbocycles. The number of benzene rings is 1. The highest BCUT2D eigenvalue weighted by atomic mass is 16.6. The van der Waals surface area contributed by atoms with Gasteiger partial charge in [-0.05, 0) is 12.1 Å². The lowest BCUT2D eigenvalue weighted by molar-refractivity contribution is -0.385. The quantitative estimate of drug-likeness (QED) is 0.398. The van der Waals surface area contributed by atoms with Crippen LogP contribution in [-0.2, 0) is 4.79 Å². The van der Waals surface area contributed by atoms with Gasteiger partial charge in [-0.25, -0.2) is 5.43 Å². The summed E-state index contributed by atoms with van der Waals surface area (Å²) in [6.45, 7) is -0.337. The van der Waals surface area contributed by atoms with Gasteiger partial charge >= 0.3 is 5.69 Å². The van der Waals surface area contributed by atoms with Gasteiger partial charge in [0.15, 0.2) is 5.76 Å². The number of hydrogen-bond donors (Lipinski definition) is 2. The molecule has 11 heteroatoms. The molecule has 0 atom stereocenters. The van der Waals surface area contributed by atoms with Crippen LogP contribution in [0.2, 0.25) is 0 Å². The zero-order chi connectivity index (χ0) is 19.8. The fourth-order valence-electron chi connectivity index (χ4n) is 2.02. The Bertz CT molecular complexity index is 862. The minimum Gasteiger partial charge on any atom is -0.496 e. The van der Waals surface area contributed by atoms with Crippen LogP contribution in [0.4, 0.5) is 5.69 Å². The molecule has 0 radical (unpaired) electrons. The molecule has 2 rings (SSSR count). The minimum absolute atomic E-state index is 0.0266. The normalized spacial score (nSPS) is 10.4. The van der Waals surface area contributed by atoms with E-state index in [1.807, 2.05) is 0 Å². The molecule has 2 aromatic rings. The van der Waals surface area contributed by atoms with Crippen molar-refractivity contribution in [2.75, 3.05) is 20.8 Å². The van der Waals surface area contributed by atoms with Crippen molar-refractivity contribution in [3.05, 3.63) is 52.0 Å². The van der Waals surface area contributed by atoms with Crippen LogP contribution in [0.1, 0.15) is 16.1 Å². The van der Waals surface area contributed by atoms with E-state index in [0.29, 0.717) is 0 Å². The van der Waals surface area contributed by atoms with E-state index in [4.69, 9.17) is 13.9 Å². The average molecular weight is 376 g/mol. The molecule has 0 aliphatic rings. The third kappa shape index (κ3) is 5.04. The van der Waals surface area contributed by atoms with E-state index in [9.17, 15) is 19.7 Å². The summed E-state index contributed by atoms with van der Waals surface area (Å²) in [7, 11) is 2.67. The van der Waals surface area contributed by atoms with E-state index in [1.54, 1.807) is 6.07 Å². The lowest BCUT2D eigenvalue weighted by Crippen LogP contribution is -2.34. The highest BCUT2D eigenvalue weighted by Crippen LogP contribution is 2.33. The topological polar surface area (TPSA) is 145 Å².